The van der Waals surface area contributed by atoms with Crippen LogP contribution in [-0.2, 0) is 17.9 Å². The monoisotopic (exact) mass is 313 g/mol. The lowest BCUT2D eigenvalue weighted by Gasteiger charge is -2.07. The largest absolute Gasteiger partial charge is 0.497 e. The topological polar surface area (TPSA) is 74.0 Å². The molecule has 23 heavy (non-hydrogen) atoms. The van der Waals surface area contributed by atoms with E-state index < -0.39 is 0 Å². The Kier molecular flexibility index (Phi) is 4.56. The van der Waals surface area contributed by atoms with Gasteiger partial charge in [0.1, 0.15) is 5.75 Å². The van der Waals surface area contributed by atoms with Crippen molar-refractivity contribution in [3.63, 3.8) is 0 Å². The molecule has 3 rings (SSSR count). The number of carbonyl (C=O) groups excluding carboxylic acids is 1. The van der Waals surface area contributed by atoms with Gasteiger partial charge in [0.05, 0.1) is 31.7 Å². The number of hydrogen-bond donors (Lipinski definition) is 1. The van der Waals surface area contributed by atoms with E-state index in [1.165, 1.54) is 0 Å². The molecular formula is C16H19N5O2. The number of benzene rings is 1. The Labute approximate surface area is 133 Å². The fourth-order valence-corrected chi connectivity index (χ4v) is 2.41. The number of rotatable bonds is 7. The summed E-state index contributed by atoms with van der Waals surface area (Å²) in [7, 11) is 1.64. The number of hydrogen-bond acceptors (Lipinski definition) is 4. The summed E-state index contributed by atoms with van der Waals surface area (Å²) in [6.07, 6.45) is 7.51. The van der Waals surface area contributed by atoms with Crippen LogP contribution in [0.3, 0.4) is 0 Å². The highest BCUT2D eigenvalue weighted by Gasteiger charge is 2.06. The van der Waals surface area contributed by atoms with E-state index in [0.29, 0.717) is 19.5 Å². The van der Waals surface area contributed by atoms with Crippen LogP contribution in [0.15, 0.2) is 43.1 Å². The molecule has 0 aliphatic rings. The zero-order chi connectivity index (χ0) is 16.1. The van der Waals surface area contributed by atoms with Crippen molar-refractivity contribution in [3.8, 4) is 5.75 Å². The summed E-state index contributed by atoms with van der Waals surface area (Å²) in [5.74, 6) is 0.816. The number of aryl methyl sites for hydroxylation is 1. The van der Waals surface area contributed by atoms with E-state index in [-0.39, 0.29) is 5.91 Å². The third-order valence-electron chi connectivity index (χ3n) is 3.65. The predicted molar refractivity (Wildman–Crippen MR) is 86.1 cm³/mol. The summed E-state index contributed by atoms with van der Waals surface area (Å²) in [6, 6.07) is 5.79. The molecule has 1 aromatic carbocycles. The van der Waals surface area contributed by atoms with Crippen molar-refractivity contribution >= 4 is 16.8 Å². The minimum atomic E-state index is 0.0160. The van der Waals surface area contributed by atoms with E-state index in [4.69, 9.17) is 4.74 Å². The van der Waals surface area contributed by atoms with Gasteiger partial charge < -0.3 is 14.6 Å². The second-order valence-corrected chi connectivity index (χ2v) is 5.19. The SMILES string of the molecule is COc1ccc2c(cnn2CCC(=O)NCCn2ccnc2)c1. The van der Waals surface area contributed by atoms with Crippen molar-refractivity contribution in [2.24, 2.45) is 0 Å². The Bertz CT molecular complexity index is 779. The van der Waals surface area contributed by atoms with Gasteiger partial charge in [0.2, 0.25) is 5.91 Å². The van der Waals surface area contributed by atoms with Crippen LogP contribution in [0.1, 0.15) is 6.42 Å². The molecule has 2 heterocycles. The molecule has 7 heteroatoms. The van der Waals surface area contributed by atoms with Gasteiger partial charge in [0.15, 0.2) is 0 Å². The molecule has 0 saturated carbocycles. The quantitative estimate of drug-likeness (QED) is 0.716. The smallest absolute Gasteiger partial charge is 0.221 e. The van der Waals surface area contributed by atoms with Crippen LogP contribution in [-0.4, -0.2) is 38.9 Å². The first-order valence-electron chi connectivity index (χ1n) is 7.48. The number of imidazole rings is 1. The number of amides is 1. The maximum atomic E-state index is 11.9. The second kappa shape index (κ2) is 6.95. The van der Waals surface area contributed by atoms with Crippen molar-refractivity contribution in [2.45, 2.75) is 19.5 Å². The second-order valence-electron chi connectivity index (χ2n) is 5.19. The van der Waals surface area contributed by atoms with E-state index in [1.807, 2.05) is 33.6 Å². The van der Waals surface area contributed by atoms with E-state index in [0.717, 1.165) is 23.2 Å². The van der Waals surface area contributed by atoms with Crippen LogP contribution >= 0.6 is 0 Å². The molecule has 0 bridgehead atoms. The van der Waals surface area contributed by atoms with Crippen molar-refractivity contribution < 1.29 is 9.53 Å². The van der Waals surface area contributed by atoms with Crippen molar-refractivity contribution in [2.75, 3.05) is 13.7 Å². The summed E-state index contributed by atoms with van der Waals surface area (Å²) >= 11 is 0. The third kappa shape index (κ3) is 3.68. The maximum absolute atomic E-state index is 11.9. The van der Waals surface area contributed by atoms with E-state index in [1.54, 1.807) is 25.8 Å². The van der Waals surface area contributed by atoms with Crippen molar-refractivity contribution in [1.82, 2.24) is 24.6 Å². The molecule has 0 aliphatic carbocycles. The summed E-state index contributed by atoms with van der Waals surface area (Å²) < 4.78 is 8.96. The molecule has 0 spiro atoms. The van der Waals surface area contributed by atoms with Crippen LogP contribution < -0.4 is 10.1 Å². The standard InChI is InChI=1S/C16H19N5O2/c1-23-14-2-3-15-13(10-14)11-19-21(15)7-4-16(22)18-6-9-20-8-5-17-12-20/h2-3,5,8,10-12H,4,6-7,9H2,1H3,(H,18,22). The minimum Gasteiger partial charge on any atom is -0.497 e. The Hall–Kier alpha value is -2.83. The number of ether oxygens (including phenoxy) is 1. The minimum absolute atomic E-state index is 0.0160. The highest BCUT2D eigenvalue weighted by Crippen LogP contribution is 2.20. The molecule has 2 aromatic heterocycles. The van der Waals surface area contributed by atoms with Gasteiger partial charge in [-0.15, -0.1) is 0 Å². The lowest BCUT2D eigenvalue weighted by atomic mass is 10.2. The molecule has 7 nitrogen and oxygen atoms in total. The molecule has 0 saturated heterocycles. The first kappa shape index (κ1) is 15.1. The van der Waals surface area contributed by atoms with E-state index >= 15 is 0 Å². The highest BCUT2D eigenvalue weighted by molar-refractivity contribution is 5.80. The molecule has 1 amide bonds. The number of fused-ring (bicyclic) bond motifs is 1. The zero-order valence-corrected chi connectivity index (χ0v) is 13.0. The highest BCUT2D eigenvalue weighted by atomic mass is 16.5. The van der Waals surface area contributed by atoms with E-state index in [9.17, 15) is 4.79 Å². The first-order chi connectivity index (χ1) is 11.3. The summed E-state index contributed by atoms with van der Waals surface area (Å²) in [6.45, 7) is 1.86. The molecule has 0 unspecified atom stereocenters. The van der Waals surface area contributed by atoms with Crippen LogP contribution in [0.2, 0.25) is 0 Å². The Morgan fingerprint density at radius 3 is 3.04 bits per heavy atom. The molecule has 3 aromatic rings. The van der Waals surface area contributed by atoms with Crippen molar-refractivity contribution in [1.29, 1.82) is 0 Å². The molecular weight excluding hydrogens is 294 g/mol. The Balaban J connectivity index is 1.50. The van der Waals surface area contributed by atoms with Gasteiger partial charge in [0.25, 0.3) is 0 Å². The lowest BCUT2D eigenvalue weighted by molar-refractivity contribution is -0.121. The van der Waals surface area contributed by atoms with Gasteiger partial charge in [-0.3, -0.25) is 9.48 Å². The Morgan fingerprint density at radius 1 is 1.35 bits per heavy atom. The number of carbonyl (C=O) groups is 1. The van der Waals surface area contributed by atoms with Gasteiger partial charge in [-0.1, -0.05) is 0 Å². The van der Waals surface area contributed by atoms with Gasteiger partial charge >= 0.3 is 0 Å². The predicted octanol–water partition coefficient (Wildman–Crippen LogP) is 1.45. The summed E-state index contributed by atoms with van der Waals surface area (Å²) in [4.78, 5) is 15.9. The molecule has 0 radical (unpaired) electrons. The Morgan fingerprint density at radius 2 is 2.26 bits per heavy atom. The van der Waals surface area contributed by atoms with Gasteiger partial charge in [0, 0.05) is 37.3 Å². The normalized spacial score (nSPS) is 10.8. The summed E-state index contributed by atoms with van der Waals surface area (Å²) in [5.41, 5.74) is 0.997. The third-order valence-corrected chi connectivity index (χ3v) is 3.65. The van der Waals surface area contributed by atoms with Gasteiger partial charge in [-0.25, -0.2) is 4.98 Å². The maximum Gasteiger partial charge on any atom is 0.221 e. The zero-order valence-electron chi connectivity index (χ0n) is 13.0. The number of nitrogens with zero attached hydrogens (tertiary/aromatic N) is 4. The molecule has 0 fully saturated rings. The molecule has 120 valence electrons. The van der Waals surface area contributed by atoms with Gasteiger partial charge in [-0.05, 0) is 18.2 Å². The fraction of sp³-hybridized carbons (Fsp3) is 0.312. The molecule has 1 N–H and O–H groups in total. The fourth-order valence-electron chi connectivity index (χ4n) is 2.41. The van der Waals surface area contributed by atoms with Crippen molar-refractivity contribution in [3.05, 3.63) is 43.1 Å². The van der Waals surface area contributed by atoms with E-state index in [2.05, 4.69) is 15.4 Å². The van der Waals surface area contributed by atoms with Crippen LogP contribution in [0.4, 0.5) is 0 Å². The molecule has 0 atom stereocenters. The molecule has 0 aliphatic heterocycles. The van der Waals surface area contributed by atoms with Crippen LogP contribution in [0.25, 0.3) is 10.9 Å². The van der Waals surface area contributed by atoms with Crippen LogP contribution in [0, 0.1) is 0 Å². The van der Waals surface area contributed by atoms with Gasteiger partial charge in [-0.2, -0.15) is 5.10 Å². The van der Waals surface area contributed by atoms with Crippen LogP contribution in [0.5, 0.6) is 5.75 Å². The number of nitrogens with one attached hydrogen (secondary N) is 1. The number of methoxy groups -OCH3 is 1. The number of aromatic nitrogens is 4. The average Bonchev–Trinajstić information content (AvgIpc) is 3.21. The summed E-state index contributed by atoms with van der Waals surface area (Å²) in [5, 5.41) is 8.24. The first-order valence-corrected chi connectivity index (χ1v) is 7.48. The lowest BCUT2D eigenvalue weighted by Crippen LogP contribution is -2.27. The average molecular weight is 313 g/mol.